The number of rotatable bonds is 9. The van der Waals surface area contributed by atoms with Crippen molar-refractivity contribution in [1.29, 1.82) is 0 Å². The largest absolute Gasteiger partial charge is 0.357 e. The Kier molecular flexibility index (Phi) is 13.5. The van der Waals surface area contributed by atoms with Gasteiger partial charge >= 0.3 is 0 Å². The van der Waals surface area contributed by atoms with E-state index in [9.17, 15) is 4.79 Å². The van der Waals surface area contributed by atoms with Gasteiger partial charge in [0, 0.05) is 58.4 Å². The molecule has 0 radical (unpaired) electrons. The predicted octanol–water partition coefficient (Wildman–Crippen LogP) is 2.56. The van der Waals surface area contributed by atoms with Crippen LogP contribution in [0.1, 0.15) is 45.4 Å². The van der Waals surface area contributed by atoms with Crippen LogP contribution in [0.25, 0.3) is 0 Å². The van der Waals surface area contributed by atoms with E-state index in [1.165, 1.54) is 38.8 Å². The number of amides is 1. The highest BCUT2D eigenvalue weighted by molar-refractivity contribution is 14.0. The summed E-state index contributed by atoms with van der Waals surface area (Å²) in [6.45, 7) is 11.1. The van der Waals surface area contributed by atoms with Crippen molar-refractivity contribution < 1.29 is 4.79 Å². The van der Waals surface area contributed by atoms with E-state index in [4.69, 9.17) is 4.99 Å². The van der Waals surface area contributed by atoms with E-state index < -0.39 is 0 Å². The summed E-state index contributed by atoms with van der Waals surface area (Å²) in [5.41, 5.74) is 0. The van der Waals surface area contributed by atoms with Gasteiger partial charge < -0.3 is 25.3 Å². The Balaban J connectivity index is 0.00000385. The van der Waals surface area contributed by atoms with Crippen molar-refractivity contribution in [3.63, 3.8) is 0 Å². The lowest BCUT2D eigenvalue weighted by Gasteiger charge is -2.35. The normalized spacial score (nSPS) is 17.8. The number of likely N-dealkylation sites (tertiary alicyclic amines) is 1. The van der Waals surface area contributed by atoms with Crippen LogP contribution in [0.5, 0.6) is 0 Å². The van der Waals surface area contributed by atoms with Crippen molar-refractivity contribution in [3.05, 3.63) is 24.4 Å². The summed E-state index contributed by atoms with van der Waals surface area (Å²) < 4.78 is 0. The van der Waals surface area contributed by atoms with Crippen LogP contribution in [0.15, 0.2) is 29.4 Å². The standard InChI is InChI=1S/C24H41N7O.HI/c1-2-25-24(27-13-9-17-29-15-7-3-4-8-16-29)28-14-11-23(32)31-20-18-30(19-21-31)22-10-5-6-12-26-22;/h5-6,10,12H,2-4,7-9,11,13-21H2,1H3,(H2,25,27,28);1H. The number of nitrogens with zero attached hydrogens (tertiary/aromatic N) is 5. The lowest BCUT2D eigenvalue weighted by atomic mass is 10.2. The highest BCUT2D eigenvalue weighted by Gasteiger charge is 2.21. The summed E-state index contributed by atoms with van der Waals surface area (Å²) in [6.07, 6.45) is 8.80. The number of anilines is 1. The molecule has 2 N–H and O–H groups in total. The van der Waals surface area contributed by atoms with Gasteiger partial charge in [-0.3, -0.25) is 9.79 Å². The summed E-state index contributed by atoms with van der Waals surface area (Å²) in [7, 11) is 0. The molecule has 33 heavy (non-hydrogen) atoms. The van der Waals surface area contributed by atoms with Crippen LogP contribution in [0.3, 0.4) is 0 Å². The molecule has 1 aromatic rings. The molecule has 0 unspecified atom stereocenters. The molecule has 186 valence electrons. The first-order chi connectivity index (χ1) is 15.8. The van der Waals surface area contributed by atoms with Crippen LogP contribution in [0.4, 0.5) is 5.82 Å². The first-order valence-electron chi connectivity index (χ1n) is 12.4. The second kappa shape index (κ2) is 16.1. The molecule has 0 aromatic carbocycles. The van der Waals surface area contributed by atoms with E-state index in [2.05, 4.69) is 32.3 Å². The van der Waals surface area contributed by atoms with Crippen LogP contribution in [0.2, 0.25) is 0 Å². The van der Waals surface area contributed by atoms with E-state index in [-0.39, 0.29) is 29.9 Å². The van der Waals surface area contributed by atoms with Gasteiger partial charge in [-0.25, -0.2) is 4.98 Å². The second-order valence-electron chi connectivity index (χ2n) is 8.60. The topological polar surface area (TPSA) is 76.1 Å². The zero-order valence-corrected chi connectivity index (χ0v) is 22.5. The molecule has 8 nitrogen and oxygen atoms in total. The van der Waals surface area contributed by atoms with Gasteiger partial charge in [0.25, 0.3) is 0 Å². The van der Waals surface area contributed by atoms with Crippen molar-refractivity contribution in [2.24, 2.45) is 4.99 Å². The number of aromatic nitrogens is 1. The van der Waals surface area contributed by atoms with Gasteiger partial charge in [-0.15, -0.1) is 24.0 Å². The molecule has 2 aliphatic heterocycles. The zero-order chi connectivity index (χ0) is 22.4. The minimum absolute atomic E-state index is 0. The molecule has 2 fully saturated rings. The number of piperazine rings is 1. The lowest BCUT2D eigenvalue weighted by Crippen LogP contribution is -2.49. The molecule has 1 amide bonds. The molecular formula is C24H42IN7O. The summed E-state index contributed by atoms with van der Waals surface area (Å²) in [6, 6.07) is 5.96. The van der Waals surface area contributed by atoms with Gasteiger partial charge in [-0.2, -0.15) is 0 Å². The molecule has 0 aliphatic carbocycles. The first-order valence-corrected chi connectivity index (χ1v) is 12.4. The number of carbonyl (C=O) groups excluding carboxylic acids is 1. The fourth-order valence-electron chi connectivity index (χ4n) is 4.36. The Morgan fingerprint density at radius 2 is 1.79 bits per heavy atom. The van der Waals surface area contributed by atoms with Gasteiger partial charge in [-0.05, 0) is 58.0 Å². The Bertz CT molecular complexity index is 687. The second-order valence-corrected chi connectivity index (χ2v) is 8.60. The molecule has 0 atom stereocenters. The fraction of sp³-hybridized carbons (Fsp3) is 0.708. The smallest absolute Gasteiger partial charge is 0.224 e. The van der Waals surface area contributed by atoms with Crippen molar-refractivity contribution in [3.8, 4) is 0 Å². The number of guanidine groups is 1. The highest BCUT2D eigenvalue weighted by atomic mass is 127. The number of aliphatic imine (C=N–C) groups is 1. The van der Waals surface area contributed by atoms with E-state index in [1.54, 1.807) is 0 Å². The van der Waals surface area contributed by atoms with Crippen molar-refractivity contribution in [2.75, 3.05) is 70.3 Å². The maximum absolute atomic E-state index is 12.6. The number of hydrogen-bond acceptors (Lipinski definition) is 5. The molecule has 0 saturated carbocycles. The SMILES string of the molecule is CCNC(=NCCCN1CCCCCC1)NCCC(=O)N1CCN(c2ccccn2)CC1.I. The highest BCUT2D eigenvalue weighted by Crippen LogP contribution is 2.13. The number of hydrogen-bond donors (Lipinski definition) is 2. The Labute approximate surface area is 216 Å². The minimum atomic E-state index is 0. The molecule has 2 saturated heterocycles. The number of pyridine rings is 1. The molecular weight excluding hydrogens is 529 g/mol. The fourth-order valence-corrected chi connectivity index (χ4v) is 4.36. The number of carbonyl (C=O) groups is 1. The Morgan fingerprint density at radius 1 is 1.03 bits per heavy atom. The van der Waals surface area contributed by atoms with Crippen LogP contribution in [-0.4, -0.2) is 92.1 Å². The lowest BCUT2D eigenvalue weighted by molar-refractivity contribution is -0.131. The Hall–Kier alpha value is -1.62. The molecule has 0 spiro atoms. The summed E-state index contributed by atoms with van der Waals surface area (Å²) in [5.74, 6) is 2.01. The van der Waals surface area contributed by atoms with Crippen molar-refractivity contribution in [2.45, 2.75) is 45.4 Å². The van der Waals surface area contributed by atoms with Crippen LogP contribution < -0.4 is 15.5 Å². The van der Waals surface area contributed by atoms with Crippen LogP contribution >= 0.6 is 24.0 Å². The van der Waals surface area contributed by atoms with Gasteiger partial charge in [0.15, 0.2) is 5.96 Å². The zero-order valence-electron chi connectivity index (χ0n) is 20.2. The summed E-state index contributed by atoms with van der Waals surface area (Å²) in [4.78, 5) is 28.5. The predicted molar refractivity (Wildman–Crippen MR) is 147 cm³/mol. The first kappa shape index (κ1) is 27.6. The number of halogens is 1. The van der Waals surface area contributed by atoms with Crippen LogP contribution in [0, 0.1) is 0 Å². The van der Waals surface area contributed by atoms with Gasteiger partial charge in [0.05, 0.1) is 0 Å². The van der Waals surface area contributed by atoms with Crippen LogP contribution in [-0.2, 0) is 4.79 Å². The third kappa shape index (κ3) is 10.0. The summed E-state index contributed by atoms with van der Waals surface area (Å²) in [5, 5.41) is 6.63. The van der Waals surface area contributed by atoms with E-state index in [0.717, 1.165) is 64.0 Å². The Morgan fingerprint density at radius 3 is 2.45 bits per heavy atom. The third-order valence-electron chi connectivity index (χ3n) is 6.18. The third-order valence-corrected chi connectivity index (χ3v) is 6.18. The molecule has 2 aliphatic rings. The number of nitrogens with one attached hydrogen (secondary N) is 2. The molecule has 3 heterocycles. The minimum Gasteiger partial charge on any atom is -0.357 e. The summed E-state index contributed by atoms with van der Waals surface area (Å²) >= 11 is 0. The maximum atomic E-state index is 12.6. The van der Waals surface area contributed by atoms with Crippen molar-refractivity contribution >= 4 is 41.7 Å². The quantitative estimate of drug-likeness (QED) is 0.206. The molecule has 3 rings (SSSR count). The van der Waals surface area contributed by atoms with E-state index in [0.29, 0.717) is 13.0 Å². The van der Waals surface area contributed by atoms with E-state index in [1.807, 2.05) is 29.3 Å². The molecule has 9 heteroatoms. The van der Waals surface area contributed by atoms with Gasteiger partial charge in [-0.1, -0.05) is 18.9 Å². The average molecular weight is 572 g/mol. The van der Waals surface area contributed by atoms with Gasteiger partial charge in [0.2, 0.25) is 5.91 Å². The van der Waals surface area contributed by atoms with Crippen molar-refractivity contribution in [1.82, 2.24) is 25.4 Å². The van der Waals surface area contributed by atoms with Gasteiger partial charge in [0.1, 0.15) is 5.82 Å². The van der Waals surface area contributed by atoms with E-state index >= 15 is 0 Å². The monoisotopic (exact) mass is 571 g/mol. The maximum Gasteiger partial charge on any atom is 0.224 e. The molecule has 1 aromatic heterocycles. The molecule has 0 bridgehead atoms. The average Bonchev–Trinajstić information content (AvgIpc) is 3.11.